The van der Waals surface area contributed by atoms with Gasteiger partial charge in [-0.25, -0.2) is 0 Å². The summed E-state index contributed by atoms with van der Waals surface area (Å²) in [7, 11) is 0. The number of hydrogen-bond acceptors (Lipinski definition) is 2. The molecule has 0 aliphatic rings. The van der Waals surface area contributed by atoms with Crippen LogP contribution in [-0.2, 0) is 6.42 Å². The summed E-state index contributed by atoms with van der Waals surface area (Å²) in [6, 6.07) is 3.95. The number of hydrogen-bond donors (Lipinski definition) is 1. The van der Waals surface area contributed by atoms with Crippen molar-refractivity contribution < 1.29 is 5.11 Å². The summed E-state index contributed by atoms with van der Waals surface area (Å²) in [6.45, 7) is 6.21. The Morgan fingerprint density at radius 1 is 1.41 bits per heavy atom. The number of aliphatic hydroxyl groups excluding tert-OH is 1. The third-order valence-electron chi connectivity index (χ3n) is 2.29. The quantitative estimate of drug-likeness (QED) is 0.808. The van der Waals surface area contributed by atoms with Gasteiger partial charge in [-0.15, -0.1) is 5.92 Å². The van der Waals surface area contributed by atoms with Gasteiger partial charge in [0.25, 0.3) is 0 Å². The SMILES string of the molecule is CC(C)(C)C#CCC(O)CCc1cccnc1. The number of rotatable bonds is 4. The molecule has 0 spiro atoms. The standard InChI is InChI=1S/C15H21NO/c1-15(2,3)10-4-7-14(17)9-8-13-6-5-11-16-12-13/h5-6,11-12,14,17H,7-9H2,1-3H3. The Labute approximate surface area is 104 Å². The van der Waals surface area contributed by atoms with Crippen LogP contribution in [0.3, 0.4) is 0 Å². The number of nitrogens with zero attached hydrogens (tertiary/aromatic N) is 1. The van der Waals surface area contributed by atoms with Crippen LogP contribution in [0.2, 0.25) is 0 Å². The van der Waals surface area contributed by atoms with Crippen LogP contribution in [0.25, 0.3) is 0 Å². The minimum absolute atomic E-state index is 0.0169. The topological polar surface area (TPSA) is 33.1 Å². The molecule has 1 aromatic rings. The van der Waals surface area contributed by atoms with Gasteiger partial charge in [0.15, 0.2) is 0 Å². The maximum absolute atomic E-state index is 9.78. The number of aromatic nitrogens is 1. The van der Waals surface area contributed by atoms with E-state index in [0.717, 1.165) is 18.4 Å². The number of aliphatic hydroxyl groups is 1. The van der Waals surface area contributed by atoms with Crippen LogP contribution in [0.5, 0.6) is 0 Å². The highest BCUT2D eigenvalue weighted by atomic mass is 16.3. The molecule has 1 N–H and O–H groups in total. The first-order valence-corrected chi connectivity index (χ1v) is 6.04. The van der Waals surface area contributed by atoms with Crippen LogP contribution >= 0.6 is 0 Å². The van der Waals surface area contributed by atoms with Crippen molar-refractivity contribution >= 4 is 0 Å². The minimum Gasteiger partial charge on any atom is -0.392 e. The molecule has 0 aliphatic heterocycles. The fourth-order valence-corrected chi connectivity index (χ4v) is 1.42. The molecule has 0 bridgehead atoms. The Balaban J connectivity index is 2.30. The Bertz CT molecular complexity index is 381. The Morgan fingerprint density at radius 2 is 2.18 bits per heavy atom. The lowest BCUT2D eigenvalue weighted by Gasteiger charge is -2.09. The van der Waals surface area contributed by atoms with Gasteiger partial charge in [0.1, 0.15) is 0 Å². The maximum Gasteiger partial charge on any atom is 0.0652 e. The largest absolute Gasteiger partial charge is 0.392 e. The van der Waals surface area contributed by atoms with E-state index < -0.39 is 0 Å². The van der Waals surface area contributed by atoms with Crippen molar-refractivity contribution in [3.05, 3.63) is 30.1 Å². The van der Waals surface area contributed by atoms with Gasteiger partial charge < -0.3 is 5.11 Å². The molecule has 0 aromatic carbocycles. The number of pyridine rings is 1. The zero-order chi connectivity index (χ0) is 12.7. The molecule has 92 valence electrons. The molecule has 1 atom stereocenters. The van der Waals surface area contributed by atoms with E-state index >= 15 is 0 Å². The minimum atomic E-state index is -0.343. The van der Waals surface area contributed by atoms with E-state index in [0.29, 0.717) is 6.42 Å². The van der Waals surface area contributed by atoms with Crippen molar-refractivity contribution in [3.8, 4) is 11.8 Å². The monoisotopic (exact) mass is 231 g/mol. The molecule has 0 saturated carbocycles. The summed E-state index contributed by atoms with van der Waals surface area (Å²) in [5, 5.41) is 9.78. The lowest BCUT2D eigenvalue weighted by Crippen LogP contribution is -2.07. The van der Waals surface area contributed by atoms with Crippen LogP contribution in [-0.4, -0.2) is 16.2 Å². The van der Waals surface area contributed by atoms with E-state index in [1.54, 1.807) is 6.20 Å². The summed E-state index contributed by atoms with van der Waals surface area (Å²) >= 11 is 0. The highest BCUT2D eigenvalue weighted by Gasteiger charge is 2.05. The lowest BCUT2D eigenvalue weighted by atomic mass is 9.97. The van der Waals surface area contributed by atoms with Gasteiger partial charge >= 0.3 is 0 Å². The zero-order valence-electron chi connectivity index (χ0n) is 10.9. The smallest absolute Gasteiger partial charge is 0.0652 e. The molecule has 17 heavy (non-hydrogen) atoms. The molecule has 0 aliphatic carbocycles. The lowest BCUT2D eigenvalue weighted by molar-refractivity contribution is 0.170. The van der Waals surface area contributed by atoms with E-state index in [2.05, 4.69) is 37.6 Å². The van der Waals surface area contributed by atoms with Crippen molar-refractivity contribution in [2.24, 2.45) is 5.41 Å². The average molecular weight is 231 g/mol. The van der Waals surface area contributed by atoms with E-state index in [1.165, 1.54) is 0 Å². The normalized spacial score (nSPS) is 12.7. The Morgan fingerprint density at radius 3 is 2.76 bits per heavy atom. The maximum atomic E-state index is 9.78. The third-order valence-corrected chi connectivity index (χ3v) is 2.29. The molecular formula is C15H21NO. The molecule has 1 heterocycles. The van der Waals surface area contributed by atoms with Gasteiger partial charge in [-0.2, -0.15) is 0 Å². The molecule has 1 unspecified atom stereocenters. The second-order valence-electron chi connectivity index (χ2n) is 5.31. The molecule has 1 aromatic heterocycles. The predicted octanol–water partition coefficient (Wildman–Crippen LogP) is 2.81. The first-order chi connectivity index (χ1) is 7.97. The van der Waals surface area contributed by atoms with Crippen molar-refractivity contribution in [2.75, 3.05) is 0 Å². The van der Waals surface area contributed by atoms with Crippen LogP contribution in [0.4, 0.5) is 0 Å². The second-order valence-corrected chi connectivity index (χ2v) is 5.31. The molecule has 0 radical (unpaired) electrons. The fraction of sp³-hybridized carbons (Fsp3) is 0.533. The molecule has 0 fully saturated rings. The van der Waals surface area contributed by atoms with E-state index in [9.17, 15) is 5.11 Å². The molecule has 1 rings (SSSR count). The van der Waals surface area contributed by atoms with Crippen LogP contribution in [0.15, 0.2) is 24.5 Å². The van der Waals surface area contributed by atoms with Crippen molar-refractivity contribution in [1.29, 1.82) is 0 Å². The summed E-state index contributed by atoms with van der Waals surface area (Å²) < 4.78 is 0. The first-order valence-electron chi connectivity index (χ1n) is 6.04. The summed E-state index contributed by atoms with van der Waals surface area (Å²) in [6.07, 6.45) is 5.40. The van der Waals surface area contributed by atoms with Crippen molar-refractivity contribution in [2.45, 2.75) is 46.1 Å². The van der Waals surface area contributed by atoms with Gasteiger partial charge in [0.05, 0.1) is 6.10 Å². The van der Waals surface area contributed by atoms with Gasteiger partial charge in [0.2, 0.25) is 0 Å². The average Bonchev–Trinajstić information content (AvgIpc) is 2.26. The van der Waals surface area contributed by atoms with Gasteiger partial charge in [-0.1, -0.05) is 12.0 Å². The van der Waals surface area contributed by atoms with Crippen LogP contribution in [0, 0.1) is 17.3 Å². The predicted molar refractivity (Wildman–Crippen MR) is 70.4 cm³/mol. The molecular weight excluding hydrogens is 210 g/mol. The first kappa shape index (κ1) is 13.7. The summed E-state index contributed by atoms with van der Waals surface area (Å²) in [4.78, 5) is 4.05. The van der Waals surface area contributed by atoms with Gasteiger partial charge in [-0.05, 0) is 45.2 Å². The molecule has 0 amide bonds. The Hall–Kier alpha value is -1.33. The Kier molecular flexibility index (Phi) is 5.18. The van der Waals surface area contributed by atoms with Crippen molar-refractivity contribution in [3.63, 3.8) is 0 Å². The zero-order valence-corrected chi connectivity index (χ0v) is 10.9. The summed E-state index contributed by atoms with van der Waals surface area (Å²) in [5.41, 5.74) is 1.18. The highest BCUT2D eigenvalue weighted by molar-refractivity contribution is 5.10. The van der Waals surface area contributed by atoms with Gasteiger partial charge in [0, 0.05) is 24.2 Å². The molecule has 2 nitrogen and oxygen atoms in total. The van der Waals surface area contributed by atoms with E-state index in [-0.39, 0.29) is 11.5 Å². The van der Waals surface area contributed by atoms with Crippen LogP contribution in [0.1, 0.15) is 39.2 Å². The van der Waals surface area contributed by atoms with Crippen molar-refractivity contribution in [1.82, 2.24) is 4.98 Å². The van der Waals surface area contributed by atoms with E-state index in [4.69, 9.17) is 0 Å². The highest BCUT2D eigenvalue weighted by Crippen LogP contribution is 2.11. The molecule has 0 saturated heterocycles. The van der Waals surface area contributed by atoms with Gasteiger partial charge in [-0.3, -0.25) is 4.98 Å². The third kappa shape index (κ3) is 6.76. The van der Waals surface area contributed by atoms with Crippen LogP contribution < -0.4 is 0 Å². The van der Waals surface area contributed by atoms with E-state index in [1.807, 2.05) is 18.3 Å². The number of aryl methyl sites for hydroxylation is 1. The molecule has 2 heteroatoms. The second kappa shape index (κ2) is 6.42. The fourth-order valence-electron chi connectivity index (χ4n) is 1.42. The summed E-state index contributed by atoms with van der Waals surface area (Å²) in [5.74, 6) is 6.17.